The van der Waals surface area contributed by atoms with Crippen LogP contribution in [0.2, 0.25) is 0 Å². The lowest BCUT2D eigenvalue weighted by Gasteiger charge is -2.29. The first-order chi connectivity index (χ1) is 19.1. The molecule has 0 amide bonds. The Labute approximate surface area is 226 Å². The molecule has 2 saturated carbocycles. The van der Waals surface area contributed by atoms with Gasteiger partial charge in [-0.2, -0.15) is 5.26 Å². The van der Waals surface area contributed by atoms with Crippen molar-refractivity contribution in [3.8, 4) is 23.3 Å². The van der Waals surface area contributed by atoms with E-state index >= 15 is 0 Å². The van der Waals surface area contributed by atoms with Crippen molar-refractivity contribution in [1.82, 2.24) is 24.4 Å². The molecule has 0 spiro atoms. The molecule has 0 saturated heterocycles. The van der Waals surface area contributed by atoms with Gasteiger partial charge in [-0.25, -0.2) is 14.8 Å². The molecular weight excluding hydrogens is 490 g/mol. The van der Waals surface area contributed by atoms with E-state index in [0.29, 0.717) is 41.1 Å². The van der Waals surface area contributed by atoms with Gasteiger partial charge >= 0.3 is 5.69 Å². The molecule has 0 radical (unpaired) electrons. The monoisotopic (exact) mass is 521 g/mol. The molecule has 2 aromatic carbocycles. The van der Waals surface area contributed by atoms with Gasteiger partial charge in [0.25, 0.3) is 0 Å². The number of fused-ring (bicyclic) bond motifs is 1. The standard InChI is InChI=1S/C30H31N7O2/c31-17-21(16-20-6-7-20)18-33-22-8-10-24(11-9-22)37-29-27(28(32)34-19-35-29)36(30(37)38)23-12-14-26(15-13-23)39-25-4-2-1-3-5-25/h1-5,12-16,19-20,22,24,33H,6-11,18H2,(H2,32,34,35)/b21-16+. The molecule has 3 N–H and O–H groups in total. The van der Waals surface area contributed by atoms with Crippen LogP contribution in [0.5, 0.6) is 11.5 Å². The van der Waals surface area contributed by atoms with Crippen molar-refractivity contribution in [2.24, 2.45) is 5.92 Å². The number of para-hydroxylation sites is 1. The number of rotatable bonds is 8. The predicted octanol–water partition coefficient (Wildman–Crippen LogP) is 4.89. The number of nitriles is 1. The van der Waals surface area contributed by atoms with Crippen LogP contribution in [0.25, 0.3) is 16.9 Å². The molecule has 4 aromatic rings. The number of imidazole rings is 1. The Morgan fingerprint density at radius 1 is 1.03 bits per heavy atom. The van der Waals surface area contributed by atoms with Crippen LogP contribution in [-0.4, -0.2) is 31.7 Å². The predicted molar refractivity (Wildman–Crippen MR) is 150 cm³/mol. The number of ether oxygens (including phenoxy) is 1. The molecule has 9 heteroatoms. The smallest absolute Gasteiger partial charge is 0.335 e. The Morgan fingerprint density at radius 2 is 1.74 bits per heavy atom. The fourth-order valence-electron chi connectivity index (χ4n) is 5.40. The molecule has 2 aliphatic rings. The number of nitrogens with zero attached hydrogens (tertiary/aromatic N) is 5. The lowest BCUT2D eigenvalue weighted by molar-refractivity contribution is 0.294. The van der Waals surface area contributed by atoms with Crippen molar-refractivity contribution < 1.29 is 4.74 Å². The molecular formula is C30H31N7O2. The summed E-state index contributed by atoms with van der Waals surface area (Å²) < 4.78 is 9.30. The molecule has 0 unspecified atom stereocenters. The summed E-state index contributed by atoms with van der Waals surface area (Å²) >= 11 is 0. The topological polar surface area (TPSA) is 124 Å². The second kappa shape index (κ2) is 10.8. The van der Waals surface area contributed by atoms with Crippen molar-refractivity contribution in [3.63, 3.8) is 0 Å². The SMILES string of the molecule is N#C/C(=C\C1CC1)CNC1CCC(n2c(=O)n(-c3ccc(Oc4ccccc4)cc3)c3c(N)ncnc32)CC1. The normalized spacial score (nSPS) is 19.6. The molecule has 6 rings (SSSR count). The second-order valence-electron chi connectivity index (χ2n) is 10.4. The maximum Gasteiger partial charge on any atom is 0.335 e. The van der Waals surface area contributed by atoms with Gasteiger partial charge in [0.1, 0.15) is 23.3 Å². The molecule has 39 heavy (non-hydrogen) atoms. The maximum atomic E-state index is 13.9. The third-order valence-corrected chi connectivity index (χ3v) is 7.60. The van der Waals surface area contributed by atoms with Crippen LogP contribution in [0, 0.1) is 17.2 Å². The van der Waals surface area contributed by atoms with E-state index in [4.69, 9.17) is 10.5 Å². The highest BCUT2D eigenvalue weighted by atomic mass is 16.5. The highest BCUT2D eigenvalue weighted by Crippen LogP contribution is 2.33. The zero-order valence-corrected chi connectivity index (χ0v) is 21.7. The van der Waals surface area contributed by atoms with Crippen LogP contribution in [-0.2, 0) is 0 Å². The van der Waals surface area contributed by atoms with E-state index in [9.17, 15) is 10.1 Å². The number of aromatic nitrogens is 4. The van der Waals surface area contributed by atoms with Crippen molar-refractivity contribution >= 4 is 17.0 Å². The average molecular weight is 522 g/mol. The molecule has 9 nitrogen and oxygen atoms in total. The largest absolute Gasteiger partial charge is 0.457 e. The molecule has 0 aliphatic heterocycles. The molecule has 0 atom stereocenters. The minimum absolute atomic E-state index is 0.00623. The molecule has 198 valence electrons. The molecule has 2 aromatic heterocycles. The number of anilines is 1. The van der Waals surface area contributed by atoms with Gasteiger partial charge < -0.3 is 15.8 Å². The van der Waals surface area contributed by atoms with Crippen LogP contribution >= 0.6 is 0 Å². The maximum absolute atomic E-state index is 13.9. The van der Waals surface area contributed by atoms with Crippen molar-refractivity contribution in [2.45, 2.75) is 50.6 Å². The Morgan fingerprint density at radius 3 is 2.44 bits per heavy atom. The lowest BCUT2D eigenvalue weighted by atomic mass is 9.91. The van der Waals surface area contributed by atoms with Gasteiger partial charge in [0, 0.05) is 24.2 Å². The molecule has 2 fully saturated rings. The van der Waals surface area contributed by atoms with Gasteiger partial charge in [-0.05, 0) is 80.8 Å². The van der Waals surface area contributed by atoms with E-state index in [1.165, 1.54) is 19.2 Å². The summed E-state index contributed by atoms with van der Waals surface area (Å²) in [6.45, 7) is 0.606. The third-order valence-electron chi connectivity index (χ3n) is 7.60. The van der Waals surface area contributed by atoms with Gasteiger partial charge in [0.2, 0.25) is 0 Å². The van der Waals surface area contributed by atoms with Gasteiger partial charge in [-0.3, -0.25) is 9.13 Å². The van der Waals surface area contributed by atoms with E-state index in [2.05, 4.69) is 27.4 Å². The zero-order valence-electron chi connectivity index (χ0n) is 21.7. The van der Waals surface area contributed by atoms with Crippen LogP contribution in [0.4, 0.5) is 5.82 Å². The van der Waals surface area contributed by atoms with Crippen molar-refractivity contribution in [1.29, 1.82) is 5.26 Å². The zero-order chi connectivity index (χ0) is 26.8. The third kappa shape index (κ3) is 5.29. The summed E-state index contributed by atoms with van der Waals surface area (Å²) in [6.07, 6.45) is 9.40. The summed E-state index contributed by atoms with van der Waals surface area (Å²) in [5.74, 6) is 2.26. The Bertz CT molecular complexity index is 1590. The van der Waals surface area contributed by atoms with Gasteiger partial charge in [0.15, 0.2) is 11.5 Å². The summed E-state index contributed by atoms with van der Waals surface area (Å²) in [5.41, 5.74) is 8.68. The number of nitrogens with one attached hydrogen (secondary N) is 1. The number of benzene rings is 2. The van der Waals surface area contributed by atoms with E-state index in [1.54, 1.807) is 9.13 Å². The fourth-order valence-corrected chi connectivity index (χ4v) is 5.40. The number of nitrogen functional groups attached to an aromatic ring is 1. The second-order valence-corrected chi connectivity index (χ2v) is 10.4. The van der Waals surface area contributed by atoms with E-state index < -0.39 is 0 Å². The van der Waals surface area contributed by atoms with Crippen LogP contribution < -0.4 is 21.5 Å². The highest BCUT2D eigenvalue weighted by Gasteiger charge is 2.28. The first kappa shape index (κ1) is 24.9. The number of nitrogens with two attached hydrogens (primary N) is 1. The molecule has 0 bridgehead atoms. The van der Waals surface area contributed by atoms with E-state index in [0.717, 1.165) is 37.0 Å². The van der Waals surface area contributed by atoms with Gasteiger partial charge in [-0.15, -0.1) is 0 Å². The number of hydrogen-bond donors (Lipinski definition) is 2. The Balaban J connectivity index is 1.22. The minimum atomic E-state index is -0.176. The van der Waals surface area contributed by atoms with Crippen LogP contribution in [0.1, 0.15) is 44.6 Å². The number of hydrogen-bond acceptors (Lipinski definition) is 7. The molecule has 2 heterocycles. The van der Waals surface area contributed by atoms with Gasteiger partial charge in [0.05, 0.1) is 11.8 Å². The Hall–Kier alpha value is -4.42. The quantitative estimate of drug-likeness (QED) is 0.316. The van der Waals surface area contributed by atoms with Gasteiger partial charge in [-0.1, -0.05) is 24.3 Å². The summed E-state index contributed by atoms with van der Waals surface area (Å²) in [6, 6.07) is 19.6. The summed E-state index contributed by atoms with van der Waals surface area (Å²) in [4.78, 5) is 22.5. The average Bonchev–Trinajstić information content (AvgIpc) is 3.73. The Kier molecular flexibility index (Phi) is 6.86. The van der Waals surface area contributed by atoms with E-state index in [-0.39, 0.29) is 17.5 Å². The first-order valence-electron chi connectivity index (χ1n) is 13.5. The number of allylic oxidation sites excluding steroid dienone is 1. The minimum Gasteiger partial charge on any atom is -0.457 e. The van der Waals surface area contributed by atoms with Crippen LogP contribution in [0.3, 0.4) is 0 Å². The highest BCUT2D eigenvalue weighted by molar-refractivity contribution is 5.84. The van der Waals surface area contributed by atoms with E-state index in [1.807, 2.05) is 54.6 Å². The molecule has 2 aliphatic carbocycles. The summed E-state index contributed by atoms with van der Waals surface area (Å²) in [5, 5.41) is 13.0. The summed E-state index contributed by atoms with van der Waals surface area (Å²) in [7, 11) is 0. The first-order valence-corrected chi connectivity index (χ1v) is 13.5. The lowest BCUT2D eigenvalue weighted by Crippen LogP contribution is -2.37. The van der Waals surface area contributed by atoms with Crippen molar-refractivity contribution in [2.75, 3.05) is 12.3 Å². The van der Waals surface area contributed by atoms with Crippen LogP contribution in [0.15, 0.2) is 77.4 Å². The fraction of sp³-hybridized carbons (Fsp3) is 0.333. The van der Waals surface area contributed by atoms with Crippen molar-refractivity contribution in [3.05, 3.63) is 83.1 Å².